The first kappa shape index (κ1) is 14.0. The minimum absolute atomic E-state index is 0.0179. The van der Waals surface area contributed by atoms with E-state index in [2.05, 4.69) is 5.32 Å². The lowest BCUT2D eigenvalue weighted by atomic mass is 9.53. The lowest BCUT2D eigenvalue weighted by molar-refractivity contribution is -0.127. The Morgan fingerprint density at radius 1 is 1.10 bits per heavy atom. The Kier molecular flexibility index (Phi) is 3.12. The van der Waals surface area contributed by atoms with Crippen molar-refractivity contribution in [1.82, 2.24) is 9.62 Å². The van der Waals surface area contributed by atoms with Crippen molar-refractivity contribution in [3.63, 3.8) is 0 Å². The molecule has 5 rings (SSSR count). The highest BCUT2D eigenvalue weighted by Gasteiger charge is 2.51. The van der Waals surface area contributed by atoms with Crippen molar-refractivity contribution in [2.45, 2.75) is 50.5 Å². The van der Waals surface area contributed by atoms with Gasteiger partial charge in [-0.05, 0) is 62.7 Å². The first-order valence-electron chi connectivity index (χ1n) is 8.23. The van der Waals surface area contributed by atoms with Crippen molar-refractivity contribution in [3.05, 3.63) is 0 Å². The second kappa shape index (κ2) is 4.69. The number of nitrogens with zero attached hydrogens (tertiary/aromatic N) is 1. The summed E-state index contributed by atoms with van der Waals surface area (Å²) in [6.07, 6.45) is 8.00. The molecule has 1 aliphatic heterocycles. The van der Waals surface area contributed by atoms with Crippen molar-refractivity contribution < 1.29 is 13.2 Å². The minimum atomic E-state index is -3.18. The maximum atomic E-state index is 12.4. The normalized spacial score (nSPS) is 44.1. The molecule has 1 heterocycles. The minimum Gasteiger partial charge on any atom is -0.349 e. The van der Waals surface area contributed by atoms with Crippen molar-refractivity contribution in [3.8, 4) is 0 Å². The summed E-state index contributed by atoms with van der Waals surface area (Å²) in [7, 11) is -3.18. The fourth-order valence-corrected chi connectivity index (χ4v) is 7.10. The summed E-state index contributed by atoms with van der Waals surface area (Å²) in [6, 6.07) is 0. The molecule has 21 heavy (non-hydrogen) atoms. The summed E-state index contributed by atoms with van der Waals surface area (Å²) < 4.78 is 25.0. The standard InChI is InChI=1S/C15H24N2O3S/c18-14(10-17-2-1-3-21(17,19)20)16-15-7-11-4-12(8-15)6-13(5-11)9-15/h11-13H,1-10H2,(H,16,18). The van der Waals surface area contributed by atoms with Gasteiger partial charge in [0.2, 0.25) is 15.9 Å². The van der Waals surface area contributed by atoms with E-state index < -0.39 is 10.0 Å². The smallest absolute Gasteiger partial charge is 0.235 e. The molecule has 0 radical (unpaired) electrons. The Bertz CT molecular complexity index is 522. The third-order valence-electron chi connectivity index (χ3n) is 5.97. The SMILES string of the molecule is O=C(CN1CCCS1(=O)=O)NC12CC3CC(CC(C3)C1)C2. The first-order chi connectivity index (χ1) is 9.94. The predicted octanol–water partition coefficient (Wildman–Crippen LogP) is 1.11. The number of amides is 1. The van der Waals surface area contributed by atoms with E-state index in [9.17, 15) is 13.2 Å². The van der Waals surface area contributed by atoms with Crippen LogP contribution in [0.25, 0.3) is 0 Å². The number of hydrogen-bond acceptors (Lipinski definition) is 3. The van der Waals surface area contributed by atoms with Gasteiger partial charge in [0.1, 0.15) is 0 Å². The predicted molar refractivity (Wildman–Crippen MR) is 79.0 cm³/mol. The van der Waals surface area contributed by atoms with Crippen LogP contribution in [0.2, 0.25) is 0 Å². The van der Waals surface area contributed by atoms with Gasteiger partial charge in [-0.1, -0.05) is 0 Å². The Balaban J connectivity index is 1.43. The summed E-state index contributed by atoms with van der Waals surface area (Å²) in [5.41, 5.74) is -0.0185. The van der Waals surface area contributed by atoms with E-state index in [4.69, 9.17) is 0 Å². The summed E-state index contributed by atoms with van der Waals surface area (Å²) in [4.78, 5) is 12.4. The van der Waals surface area contributed by atoms with Gasteiger partial charge in [0, 0.05) is 12.1 Å². The number of hydrogen-bond donors (Lipinski definition) is 1. The van der Waals surface area contributed by atoms with E-state index in [1.54, 1.807) is 0 Å². The van der Waals surface area contributed by atoms with Crippen LogP contribution in [-0.2, 0) is 14.8 Å². The average Bonchev–Trinajstić information content (AvgIpc) is 2.65. The molecule has 4 aliphatic carbocycles. The van der Waals surface area contributed by atoms with E-state index in [-0.39, 0.29) is 23.7 Å². The molecule has 0 atom stereocenters. The van der Waals surface area contributed by atoms with Gasteiger partial charge in [0.15, 0.2) is 0 Å². The van der Waals surface area contributed by atoms with Crippen LogP contribution >= 0.6 is 0 Å². The fraction of sp³-hybridized carbons (Fsp3) is 0.933. The Morgan fingerprint density at radius 3 is 2.14 bits per heavy atom. The molecule has 0 unspecified atom stereocenters. The van der Waals surface area contributed by atoms with Crippen LogP contribution in [0.5, 0.6) is 0 Å². The second-order valence-corrected chi connectivity index (χ2v) is 9.84. The lowest BCUT2D eigenvalue weighted by Gasteiger charge is -2.57. The zero-order valence-electron chi connectivity index (χ0n) is 12.4. The molecule has 0 aromatic carbocycles. The maximum Gasteiger partial charge on any atom is 0.235 e. The molecule has 0 aromatic rings. The van der Waals surface area contributed by atoms with Gasteiger partial charge in [-0.15, -0.1) is 0 Å². The molecule has 6 heteroatoms. The number of carbonyl (C=O) groups is 1. The summed E-state index contributed by atoms with van der Waals surface area (Å²) >= 11 is 0. The Hall–Kier alpha value is -0.620. The Morgan fingerprint density at radius 2 is 1.67 bits per heavy atom. The average molecular weight is 312 g/mol. The van der Waals surface area contributed by atoms with Crippen LogP contribution in [0.15, 0.2) is 0 Å². The van der Waals surface area contributed by atoms with Gasteiger partial charge in [0.25, 0.3) is 0 Å². The molecule has 4 bridgehead atoms. The number of sulfonamides is 1. The number of rotatable bonds is 3. The topological polar surface area (TPSA) is 66.5 Å². The zero-order valence-corrected chi connectivity index (χ0v) is 13.2. The van der Waals surface area contributed by atoms with Crippen molar-refractivity contribution in [1.29, 1.82) is 0 Å². The first-order valence-corrected chi connectivity index (χ1v) is 9.84. The third kappa shape index (κ3) is 2.50. The largest absolute Gasteiger partial charge is 0.349 e. The molecule has 1 amide bonds. The second-order valence-electron chi connectivity index (χ2n) is 7.75. The van der Waals surface area contributed by atoms with Crippen LogP contribution in [0.3, 0.4) is 0 Å². The molecule has 0 spiro atoms. The Labute approximate surface area is 126 Å². The molecule has 5 aliphatic rings. The van der Waals surface area contributed by atoms with Gasteiger partial charge in [-0.3, -0.25) is 4.79 Å². The lowest BCUT2D eigenvalue weighted by Crippen LogP contribution is -2.61. The summed E-state index contributed by atoms with van der Waals surface area (Å²) in [6.45, 7) is 0.515. The van der Waals surface area contributed by atoms with Crippen LogP contribution < -0.4 is 5.32 Å². The molecule has 5 nitrogen and oxygen atoms in total. The van der Waals surface area contributed by atoms with E-state index in [0.717, 1.165) is 37.0 Å². The van der Waals surface area contributed by atoms with Gasteiger partial charge < -0.3 is 5.32 Å². The van der Waals surface area contributed by atoms with Crippen molar-refractivity contribution in [2.24, 2.45) is 17.8 Å². The number of carbonyl (C=O) groups excluding carboxylic acids is 1. The summed E-state index contributed by atoms with van der Waals surface area (Å²) in [5.74, 6) is 2.45. The zero-order chi connectivity index (χ0) is 14.7. The quantitative estimate of drug-likeness (QED) is 0.849. The van der Waals surface area contributed by atoms with Gasteiger partial charge in [0.05, 0.1) is 12.3 Å². The van der Waals surface area contributed by atoms with Crippen LogP contribution in [-0.4, -0.2) is 43.0 Å². The van der Waals surface area contributed by atoms with Gasteiger partial charge in [-0.2, -0.15) is 4.31 Å². The molecule has 5 fully saturated rings. The highest BCUT2D eigenvalue weighted by atomic mass is 32.2. The van der Waals surface area contributed by atoms with Crippen LogP contribution in [0.4, 0.5) is 0 Å². The molecule has 4 saturated carbocycles. The molecule has 118 valence electrons. The van der Waals surface area contributed by atoms with E-state index in [1.807, 2.05) is 0 Å². The van der Waals surface area contributed by atoms with Crippen molar-refractivity contribution in [2.75, 3.05) is 18.8 Å². The fourth-order valence-electron chi connectivity index (χ4n) is 5.63. The van der Waals surface area contributed by atoms with Gasteiger partial charge >= 0.3 is 0 Å². The van der Waals surface area contributed by atoms with E-state index in [0.29, 0.717) is 13.0 Å². The molecular weight excluding hydrogens is 288 g/mol. The van der Waals surface area contributed by atoms with Crippen LogP contribution in [0.1, 0.15) is 44.9 Å². The van der Waals surface area contributed by atoms with E-state index >= 15 is 0 Å². The van der Waals surface area contributed by atoms with Gasteiger partial charge in [-0.25, -0.2) is 8.42 Å². The van der Waals surface area contributed by atoms with E-state index in [1.165, 1.54) is 23.6 Å². The maximum absolute atomic E-state index is 12.4. The summed E-state index contributed by atoms with van der Waals surface area (Å²) in [5, 5.41) is 3.24. The molecule has 0 aromatic heterocycles. The molecule has 1 saturated heterocycles. The highest BCUT2D eigenvalue weighted by Crippen LogP contribution is 2.55. The van der Waals surface area contributed by atoms with Crippen molar-refractivity contribution >= 4 is 15.9 Å². The third-order valence-corrected chi connectivity index (χ3v) is 7.87. The molecule has 1 N–H and O–H groups in total. The number of nitrogens with one attached hydrogen (secondary N) is 1. The highest BCUT2D eigenvalue weighted by molar-refractivity contribution is 7.89. The monoisotopic (exact) mass is 312 g/mol. The van der Waals surface area contributed by atoms with Crippen LogP contribution in [0, 0.1) is 17.8 Å². The molecular formula is C15H24N2O3S.